The van der Waals surface area contributed by atoms with Gasteiger partial charge in [-0.3, -0.25) is 0 Å². The molecule has 0 aliphatic heterocycles. The van der Waals surface area contributed by atoms with E-state index < -0.39 is 0 Å². The van der Waals surface area contributed by atoms with Gasteiger partial charge in [-0.25, -0.2) is 0 Å². The van der Waals surface area contributed by atoms with Crippen LogP contribution in [-0.2, 0) is 0 Å². The van der Waals surface area contributed by atoms with Crippen LogP contribution in [0.1, 0.15) is 18.6 Å². The van der Waals surface area contributed by atoms with Crippen LogP contribution in [0.5, 0.6) is 5.75 Å². The molecule has 0 aromatic heterocycles. The molecule has 1 atom stereocenters. The van der Waals surface area contributed by atoms with E-state index in [1.54, 1.807) is 6.07 Å². The molecular formula is C14H14ClNO. The third kappa shape index (κ3) is 3.14. The molecule has 0 amide bonds. The minimum Gasteiger partial charge on any atom is -0.486 e. The molecule has 1 unspecified atom stereocenters. The van der Waals surface area contributed by atoms with E-state index in [1.807, 2.05) is 49.4 Å². The molecule has 0 aliphatic carbocycles. The second-order valence-electron chi connectivity index (χ2n) is 3.89. The van der Waals surface area contributed by atoms with Gasteiger partial charge in [0.15, 0.2) is 0 Å². The highest BCUT2D eigenvalue weighted by molar-refractivity contribution is 6.30. The number of hydrogen-bond donors (Lipinski definition) is 1. The third-order valence-corrected chi connectivity index (χ3v) is 2.72. The van der Waals surface area contributed by atoms with Gasteiger partial charge in [-0.1, -0.05) is 29.8 Å². The number of benzene rings is 2. The summed E-state index contributed by atoms with van der Waals surface area (Å²) in [7, 11) is 0. The Kier molecular flexibility index (Phi) is 3.55. The van der Waals surface area contributed by atoms with Crippen molar-refractivity contribution in [3.05, 3.63) is 59.1 Å². The standard InChI is InChI=1S/C14H14ClNO/c1-10(11-4-2-6-13(16)8-11)17-14-7-3-5-12(15)9-14/h2-10H,16H2,1H3. The summed E-state index contributed by atoms with van der Waals surface area (Å²) in [6.45, 7) is 1.98. The van der Waals surface area contributed by atoms with Crippen molar-refractivity contribution >= 4 is 17.3 Å². The van der Waals surface area contributed by atoms with Crippen molar-refractivity contribution in [2.24, 2.45) is 0 Å². The quantitative estimate of drug-likeness (QED) is 0.830. The summed E-state index contributed by atoms with van der Waals surface area (Å²) in [5, 5.41) is 0.669. The topological polar surface area (TPSA) is 35.2 Å². The van der Waals surface area contributed by atoms with Gasteiger partial charge in [-0.2, -0.15) is 0 Å². The smallest absolute Gasteiger partial charge is 0.121 e. The van der Waals surface area contributed by atoms with Gasteiger partial charge in [-0.15, -0.1) is 0 Å². The van der Waals surface area contributed by atoms with Gasteiger partial charge in [0.1, 0.15) is 11.9 Å². The van der Waals surface area contributed by atoms with E-state index >= 15 is 0 Å². The van der Waals surface area contributed by atoms with Crippen LogP contribution >= 0.6 is 11.6 Å². The minimum absolute atomic E-state index is 0.0584. The van der Waals surface area contributed by atoms with Gasteiger partial charge in [-0.05, 0) is 42.8 Å². The zero-order valence-electron chi connectivity index (χ0n) is 9.56. The maximum absolute atomic E-state index is 5.90. The van der Waals surface area contributed by atoms with Gasteiger partial charge >= 0.3 is 0 Å². The Morgan fingerprint density at radius 2 is 1.88 bits per heavy atom. The fourth-order valence-electron chi connectivity index (χ4n) is 1.62. The first-order chi connectivity index (χ1) is 8.15. The highest BCUT2D eigenvalue weighted by atomic mass is 35.5. The lowest BCUT2D eigenvalue weighted by Crippen LogP contribution is -2.03. The average Bonchev–Trinajstić information content (AvgIpc) is 2.29. The van der Waals surface area contributed by atoms with Crippen LogP contribution in [0.25, 0.3) is 0 Å². The summed E-state index contributed by atoms with van der Waals surface area (Å²) in [6.07, 6.45) is -0.0584. The monoisotopic (exact) mass is 247 g/mol. The van der Waals surface area contributed by atoms with Crippen LogP contribution in [0.4, 0.5) is 5.69 Å². The van der Waals surface area contributed by atoms with Crippen LogP contribution in [0.15, 0.2) is 48.5 Å². The number of hydrogen-bond acceptors (Lipinski definition) is 2. The first kappa shape index (κ1) is 11.8. The second kappa shape index (κ2) is 5.11. The number of ether oxygens (including phenoxy) is 1. The normalized spacial score (nSPS) is 12.1. The van der Waals surface area contributed by atoms with Crippen molar-refractivity contribution in [3.8, 4) is 5.75 Å². The number of nitrogen functional groups attached to an aromatic ring is 1. The fraction of sp³-hybridized carbons (Fsp3) is 0.143. The Bertz CT molecular complexity index is 513. The largest absolute Gasteiger partial charge is 0.486 e. The van der Waals surface area contributed by atoms with Gasteiger partial charge in [0.05, 0.1) is 0 Å². The van der Waals surface area contributed by atoms with Crippen LogP contribution in [0.2, 0.25) is 5.02 Å². The van der Waals surface area contributed by atoms with Crippen molar-refractivity contribution in [1.29, 1.82) is 0 Å². The van der Waals surface area contributed by atoms with Crippen LogP contribution in [0.3, 0.4) is 0 Å². The molecular weight excluding hydrogens is 234 g/mol. The minimum atomic E-state index is -0.0584. The summed E-state index contributed by atoms with van der Waals surface area (Å²) in [5.41, 5.74) is 7.52. The first-order valence-corrected chi connectivity index (χ1v) is 5.80. The van der Waals surface area contributed by atoms with Gasteiger partial charge in [0.25, 0.3) is 0 Å². The predicted octanol–water partition coefficient (Wildman–Crippen LogP) is 4.06. The number of anilines is 1. The van der Waals surface area contributed by atoms with Crippen LogP contribution < -0.4 is 10.5 Å². The Balaban J connectivity index is 2.14. The van der Waals surface area contributed by atoms with E-state index in [-0.39, 0.29) is 6.10 Å². The van der Waals surface area contributed by atoms with Gasteiger partial charge in [0, 0.05) is 10.7 Å². The summed E-state index contributed by atoms with van der Waals surface area (Å²) < 4.78 is 5.80. The molecule has 3 heteroatoms. The zero-order chi connectivity index (χ0) is 12.3. The maximum Gasteiger partial charge on any atom is 0.121 e. The summed E-state index contributed by atoms with van der Waals surface area (Å²) in [5.74, 6) is 0.757. The molecule has 88 valence electrons. The molecule has 2 rings (SSSR count). The van der Waals surface area contributed by atoms with Crippen molar-refractivity contribution in [2.45, 2.75) is 13.0 Å². The number of nitrogens with two attached hydrogens (primary N) is 1. The van der Waals surface area contributed by atoms with E-state index in [9.17, 15) is 0 Å². The average molecular weight is 248 g/mol. The Morgan fingerprint density at radius 3 is 2.59 bits per heavy atom. The van der Waals surface area contributed by atoms with Crippen molar-refractivity contribution in [2.75, 3.05) is 5.73 Å². The highest BCUT2D eigenvalue weighted by Crippen LogP contribution is 2.24. The third-order valence-electron chi connectivity index (χ3n) is 2.49. The van der Waals surface area contributed by atoms with Gasteiger partial charge < -0.3 is 10.5 Å². The molecule has 0 fully saturated rings. The SMILES string of the molecule is CC(Oc1cccc(Cl)c1)c1cccc(N)c1. The summed E-state index contributed by atoms with van der Waals surface area (Å²) >= 11 is 5.90. The molecule has 2 aromatic carbocycles. The number of halogens is 1. The van der Waals surface area contributed by atoms with E-state index in [0.29, 0.717) is 5.02 Å². The molecule has 0 aliphatic rings. The lowest BCUT2D eigenvalue weighted by Gasteiger charge is -2.15. The van der Waals surface area contributed by atoms with Crippen LogP contribution in [-0.4, -0.2) is 0 Å². The van der Waals surface area contributed by atoms with Crippen molar-refractivity contribution < 1.29 is 4.74 Å². The lowest BCUT2D eigenvalue weighted by molar-refractivity contribution is 0.227. The van der Waals surface area contributed by atoms with Gasteiger partial charge in [0.2, 0.25) is 0 Å². The number of rotatable bonds is 3. The lowest BCUT2D eigenvalue weighted by atomic mass is 10.1. The molecule has 2 N–H and O–H groups in total. The molecule has 0 bridgehead atoms. The molecule has 0 saturated carbocycles. The first-order valence-electron chi connectivity index (χ1n) is 5.43. The summed E-state index contributed by atoms with van der Waals surface area (Å²) in [4.78, 5) is 0. The highest BCUT2D eigenvalue weighted by Gasteiger charge is 2.07. The van der Waals surface area contributed by atoms with Crippen molar-refractivity contribution in [1.82, 2.24) is 0 Å². The molecule has 2 aromatic rings. The van der Waals surface area contributed by atoms with Crippen molar-refractivity contribution in [3.63, 3.8) is 0 Å². The zero-order valence-corrected chi connectivity index (χ0v) is 10.3. The van der Waals surface area contributed by atoms with Crippen LogP contribution in [0, 0.1) is 0 Å². The van der Waals surface area contributed by atoms with E-state index in [2.05, 4.69) is 0 Å². The Morgan fingerprint density at radius 1 is 1.12 bits per heavy atom. The van der Waals surface area contributed by atoms with E-state index in [1.165, 1.54) is 0 Å². The summed E-state index contributed by atoms with van der Waals surface area (Å²) in [6, 6.07) is 15.0. The van der Waals surface area contributed by atoms with E-state index in [0.717, 1.165) is 17.0 Å². The predicted molar refractivity (Wildman–Crippen MR) is 71.3 cm³/mol. The molecule has 0 radical (unpaired) electrons. The Hall–Kier alpha value is -1.67. The fourth-order valence-corrected chi connectivity index (χ4v) is 1.80. The second-order valence-corrected chi connectivity index (χ2v) is 4.32. The molecule has 17 heavy (non-hydrogen) atoms. The molecule has 0 spiro atoms. The molecule has 2 nitrogen and oxygen atoms in total. The molecule has 0 heterocycles. The maximum atomic E-state index is 5.90. The Labute approximate surface area is 106 Å². The molecule has 0 saturated heterocycles. The van der Waals surface area contributed by atoms with E-state index in [4.69, 9.17) is 22.1 Å².